The van der Waals surface area contributed by atoms with Gasteiger partial charge in [-0.15, -0.1) is 0 Å². The zero-order valence-corrected chi connectivity index (χ0v) is 69.0. The maximum Gasteiger partial charge on any atom is 0.265 e. The van der Waals surface area contributed by atoms with Gasteiger partial charge < -0.3 is 18.3 Å². The minimum atomic E-state index is -1.98. The van der Waals surface area contributed by atoms with Crippen molar-refractivity contribution < 1.29 is 19.2 Å². The summed E-state index contributed by atoms with van der Waals surface area (Å²) < 4.78 is 8.64. The summed E-state index contributed by atoms with van der Waals surface area (Å²) >= 11 is 0. The molecule has 0 unspecified atom stereocenters. The van der Waals surface area contributed by atoms with Gasteiger partial charge in [-0.25, -0.2) is 9.80 Å². The lowest BCUT2D eigenvalue weighted by atomic mass is 9.85. The van der Waals surface area contributed by atoms with Crippen LogP contribution in [0.15, 0.2) is 170 Å². The molecule has 2 aliphatic heterocycles. The normalized spacial score (nSPS) is 14.7. The monoisotopic (exact) mass is 1440 g/mol. The number of benzene rings is 10. The third kappa shape index (κ3) is 11.1. The number of carbonyl (C=O) groups excluding carboxylic acids is 4. The van der Waals surface area contributed by atoms with Crippen molar-refractivity contribution >= 4 is 111 Å². The Balaban J connectivity index is 0.976. The van der Waals surface area contributed by atoms with E-state index in [0.717, 1.165) is 132 Å². The van der Waals surface area contributed by atoms with Crippen molar-refractivity contribution in [2.75, 3.05) is 0 Å². The van der Waals surface area contributed by atoms with Crippen molar-refractivity contribution in [1.82, 2.24) is 28.1 Å². The summed E-state index contributed by atoms with van der Waals surface area (Å²) in [5, 5.41) is 8.15. The number of aromatic nitrogens is 4. The highest BCUT2D eigenvalue weighted by Gasteiger charge is 2.57. The molecule has 0 saturated heterocycles. The van der Waals surface area contributed by atoms with Crippen LogP contribution in [0.1, 0.15) is 266 Å². The van der Waals surface area contributed by atoms with Crippen LogP contribution in [0.5, 0.6) is 0 Å². The summed E-state index contributed by atoms with van der Waals surface area (Å²) in [5.74, 6) is -2.52. The molecule has 10 heteroatoms. The van der Waals surface area contributed by atoms with Crippen LogP contribution in [-0.2, 0) is 43.3 Å². The second-order valence-corrected chi connectivity index (χ2v) is 40.3. The predicted octanol–water partition coefficient (Wildman–Crippen LogP) is 25.1. The fraction of sp³-hybridized carbons (Fsp3) is 0.354. The average molecular weight is 1440 g/mol. The number of rotatable bonds is 6. The molecular formula is C99H106N6O4. The van der Waals surface area contributed by atoms with Crippen LogP contribution in [0.4, 0.5) is 0 Å². The van der Waals surface area contributed by atoms with Crippen LogP contribution in [0.2, 0.25) is 0 Å². The summed E-state index contributed by atoms with van der Waals surface area (Å²) in [7, 11) is 0. The fourth-order valence-corrected chi connectivity index (χ4v) is 17.4. The van der Waals surface area contributed by atoms with Crippen LogP contribution in [-0.4, -0.2) is 57.4 Å². The van der Waals surface area contributed by atoms with E-state index in [0.29, 0.717) is 22.7 Å². The Morgan fingerprint density at radius 1 is 0.183 bits per heavy atom. The van der Waals surface area contributed by atoms with Gasteiger partial charge in [-0.05, 0) is 223 Å². The number of amides is 4. The number of fused-ring (bicyclic) bond motifs is 14. The van der Waals surface area contributed by atoms with Gasteiger partial charge in [0.15, 0.2) is 0 Å². The van der Waals surface area contributed by atoms with Crippen molar-refractivity contribution in [2.45, 2.75) is 229 Å². The van der Waals surface area contributed by atoms with Crippen LogP contribution in [0.25, 0.3) is 110 Å². The third-order valence-corrected chi connectivity index (χ3v) is 24.0. The molecular weight excluding hydrogens is 1340 g/mol. The molecule has 4 aromatic heterocycles. The van der Waals surface area contributed by atoms with Crippen molar-refractivity contribution in [3.63, 3.8) is 0 Å². The van der Waals surface area contributed by atoms with Crippen molar-refractivity contribution in [3.8, 4) is 22.7 Å². The quantitative estimate of drug-likeness (QED) is 0.155. The SMILES string of the molecule is CC(C)(C)c1ccc2c(c1)c1cc(C(C)(C)C)ccc1n2-c1ccc(-n2c3ccc(C(C)(C)C)cc3c3cc(C(C)(C)C)ccc32)c2c1C(=O)N(C(C)(C)N1C(=O)c3c(-n4c5ccc(C(C)(C)C)cc5c5cc(C(C)(C)C)ccc54)ccc(-n4c5ccc(C(C)(C)C)cc5c5cc(C(C)(C)C)ccc54)c3C1=O)C2=O. The van der Waals surface area contributed by atoms with Gasteiger partial charge >= 0.3 is 0 Å². The summed E-state index contributed by atoms with van der Waals surface area (Å²) in [6.45, 7) is 56.8. The van der Waals surface area contributed by atoms with Crippen molar-refractivity contribution in [3.05, 3.63) is 237 Å². The van der Waals surface area contributed by atoms with Gasteiger partial charge in [0.05, 0.1) is 89.1 Å². The molecule has 556 valence electrons. The standard InChI is InChI=1S/C99H106N6O4/c1-91(2,3)55-27-35-71-63(47-55)64-48-56(92(4,5)6)28-36-72(64)100(71)79-43-44-80(101-73-37-29-57(93(7,8)9)49-65(73)66-50-58(94(10,11)12)30-38-74(66)101)84-83(79)87(106)104(88(84)107)99(25,26)105-89(108)85-81(102-75-39-31-59(95(13,14)15)51-67(75)68-52-60(96(16,17)18)32-40-76(68)102)45-46-82(86(85)90(105)109)103-77-41-33-61(97(19,20)21)53-69(77)70-54-62(98(22,23)24)34-42-78(70)103/h27-54H,1-26H3. The van der Waals surface area contributed by atoms with Gasteiger partial charge in [-0.2, -0.15) is 0 Å². The molecule has 109 heavy (non-hydrogen) atoms. The first kappa shape index (κ1) is 72.9. The minimum absolute atomic E-state index is 0.170. The molecule has 10 nitrogen and oxygen atoms in total. The lowest BCUT2D eigenvalue weighted by Gasteiger charge is -2.40. The first-order valence-corrected chi connectivity index (χ1v) is 39.1. The maximum atomic E-state index is 17.3. The predicted molar refractivity (Wildman–Crippen MR) is 455 cm³/mol. The summed E-state index contributed by atoms with van der Waals surface area (Å²) in [4.78, 5) is 71.8. The number of carbonyl (C=O) groups is 4. The molecule has 10 aromatic carbocycles. The fourth-order valence-electron chi connectivity index (χ4n) is 17.4. The number of hydrogen-bond acceptors (Lipinski definition) is 4. The minimum Gasteiger partial charge on any atom is -0.308 e. The highest BCUT2D eigenvalue weighted by molar-refractivity contribution is 6.30. The zero-order valence-electron chi connectivity index (χ0n) is 69.0. The van der Waals surface area contributed by atoms with Crippen molar-refractivity contribution in [1.29, 1.82) is 0 Å². The van der Waals surface area contributed by atoms with Gasteiger partial charge in [-0.1, -0.05) is 215 Å². The Hall–Kier alpha value is -10.3. The molecule has 14 aromatic rings. The van der Waals surface area contributed by atoms with E-state index in [2.05, 4.69) is 330 Å². The van der Waals surface area contributed by atoms with E-state index < -0.39 is 29.3 Å². The lowest BCUT2D eigenvalue weighted by Crippen LogP contribution is -2.60. The second kappa shape index (κ2) is 23.4. The van der Waals surface area contributed by atoms with E-state index in [4.69, 9.17) is 0 Å². The summed E-state index contributed by atoms with van der Waals surface area (Å²) in [6.07, 6.45) is 0. The van der Waals surface area contributed by atoms with Crippen LogP contribution in [0, 0.1) is 0 Å². The first-order valence-electron chi connectivity index (χ1n) is 39.1. The van der Waals surface area contributed by atoms with Gasteiger partial charge in [0.25, 0.3) is 23.6 Å². The zero-order chi connectivity index (χ0) is 78.5. The van der Waals surface area contributed by atoms with E-state index in [1.807, 2.05) is 24.3 Å². The molecule has 0 N–H and O–H groups in total. The van der Waals surface area contributed by atoms with Crippen LogP contribution < -0.4 is 0 Å². The highest BCUT2D eigenvalue weighted by atomic mass is 16.2. The van der Waals surface area contributed by atoms with E-state index in [-0.39, 0.29) is 65.6 Å². The van der Waals surface area contributed by atoms with Crippen LogP contribution >= 0.6 is 0 Å². The van der Waals surface area contributed by atoms with E-state index >= 15 is 19.2 Å². The number of hydrogen-bond donors (Lipinski definition) is 0. The number of nitrogens with zero attached hydrogens (tertiary/aromatic N) is 6. The average Bonchev–Trinajstić information content (AvgIpc) is 1.51. The molecule has 0 radical (unpaired) electrons. The first-order chi connectivity index (χ1) is 50.6. The smallest absolute Gasteiger partial charge is 0.265 e. The molecule has 6 heterocycles. The maximum absolute atomic E-state index is 17.3. The highest BCUT2D eigenvalue weighted by Crippen LogP contribution is 2.50. The van der Waals surface area contributed by atoms with Crippen molar-refractivity contribution in [2.24, 2.45) is 0 Å². The lowest BCUT2D eigenvalue weighted by molar-refractivity contribution is 0.00432. The molecule has 2 aliphatic rings. The molecule has 16 rings (SSSR count). The summed E-state index contributed by atoms with van der Waals surface area (Å²) in [6, 6.07) is 61.0. The topological polar surface area (TPSA) is 94.5 Å². The Bertz CT molecular complexity index is 5320. The molecule has 0 bridgehead atoms. The van der Waals surface area contributed by atoms with Gasteiger partial charge in [0.2, 0.25) is 0 Å². The molecule has 0 aliphatic carbocycles. The van der Waals surface area contributed by atoms with Crippen LogP contribution in [0.3, 0.4) is 0 Å². The Kier molecular flexibility index (Phi) is 15.6. The molecule has 0 fully saturated rings. The van der Waals surface area contributed by atoms with E-state index in [1.54, 1.807) is 13.8 Å². The summed E-state index contributed by atoms with van der Waals surface area (Å²) in [5.41, 5.74) is 15.4. The Morgan fingerprint density at radius 2 is 0.312 bits per heavy atom. The van der Waals surface area contributed by atoms with E-state index in [9.17, 15) is 0 Å². The van der Waals surface area contributed by atoms with Gasteiger partial charge in [0, 0.05) is 43.1 Å². The van der Waals surface area contributed by atoms with Gasteiger partial charge in [0.1, 0.15) is 5.66 Å². The molecule has 0 saturated carbocycles. The molecule has 0 spiro atoms. The second-order valence-electron chi connectivity index (χ2n) is 40.3. The molecule has 4 amide bonds. The Labute approximate surface area is 642 Å². The Morgan fingerprint density at radius 3 is 0.431 bits per heavy atom. The molecule has 0 atom stereocenters. The van der Waals surface area contributed by atoms with Gasteiger partial charge in [-0.3, -0.25) is 19.2 Å². The number of imide groups is 2. The third-order valence-electron chi connectivity index (χ3n) is 24.0. The largest absolute Gasteiger partial charge is 0.308 e. The van der Waals surface area contributed by atoms with E-state index in [1.165, 1.54) is 9.80 Å².